The molecule has 7 heteroatoms. The molecule has 0 atom stereocenters. The first kappa shape index (κ1) is 12.5. The van der Waals surface area contributed by atoms with Gasteiger partial charge in [-0.25, -0.2) is 4.98 Å². The first-order valence-electron chi connectivity index (χ1n) is 4.65. The SMILES string of the molecule is CC(C)(CC(N)=O)Nc1nc(N)ncc1Cl. The van der Waals surface area contributed by atoms with Crippen molar-refractivity contribution in [1.82, 2.24) is 9.97 Å². The van der Waals surface area contributed by atoms with Crippen molar-refractivity contribution in [2.24, 2.45) is 5.73 Å². The van der Waals surface area contributed by atoms with Gasteiger partial charge in [-0.3, -0.25) is 4.79 Å². The Hall–Kier alpha value is -1.56. The molecule has 6 nitrogen and oxygen atoms in total. The summed E-state index contributed by atoms with van der Waals surface area (Å²) in [6, 6.07) is 0. The van der Waals surface area contributed by atoms with E-state index >= 15 is 0 Å². The van der Waals surface area contributed by atoms with Crippen molar-refractivity contribution in [3.8, 4) is 0 Å². The summed E-state index contributed by atoms with van der Waals surface area (Å²) in [6.07, 6.45) is 1.56. The third-order valence-corrected chi connectivity index (χ3v) is 2.11. The molecule has 0 spiro atoms. The molecule has 1 aromatic rings. The maximum Gasteiger partial charge on any atom is 0.222 e. The lowest BCUT2D eigenvalue weighted by Crippen LogP contribution is -2.36. The largest absolute Gasteiger partial charge is 0.370 e. The molecule has 16 heavy (non-hydrogen) atoms. The Kier molecular flexibility index (Phi) is 3.54. The van der Waals surface area contributed by atoms with Crippen LogP contribution in [0.15, 0.2) is 6.20 Å². The Morgan fingerprint density at radius 1 is 1.62 bits per heavy atom. The number of primary amides is 1. The Labute approximate surface area is 98.4 Å². The molecule has 0 aliphatic rings. The third kappa shape index (κ3) is 3.54. The van der Waals surface area contributed by atoms with E-state index in [-0.39, 0.29) is 12.4 Å². The quantitative estimate of drug-likeness (QED) is 0.724. The number of rotatable bonds is 4. The lowest BCUT2D eigenvalue weighted by atomic mass is 10.0. The van der Waals surface area contributed by atoms with E-state index in [2.05, 4.69) is 15.3 Å². The van der Waals surface area contributed by atoms with E-state index in [1.165, 1.54) is 6.20 Å². The summed E-state index contributed by atoms with van der Waals surface area (Å²) in [5.41, 5.74) is 10.0. The molecule has 0 saturated carbocycles. The number of amides is 1. The average molecular weight is 244 g/mol. The summed E-state index contributed by atoms with van der Waals surface area (Å²) in [7, 11) is 0. The summed E-state index contributed by atoms with van der Waals surface area (Å²) < 4.78 is 0. The predicted octanol–water partition coefficient (Wildman–Crippen LogP) is 0.778. The van der Waals surface area contributed by atoms with Gasteiger partial charge in [0.25, 0.3) is 0 Å². The van der Waals surface area contributed by atoms with Crippen molar-refractivity contribution in [2.45, 2.75) is 25.8 Å². The van der Waals surface area contributed by atoms with Gasteiger partial charge in [-0.15, -0.1) is 0 Å². The van der Waals surface area contributed by atoms with Crippen LogP contribution >= 0.6 is 11.6 Å². The molecule has 0 aliphatic carbocycles. The molecule has 1 heterocycles. The molecule has 0 unspecified atom stereocenters. The minimum absolute atomic E-state index is 0.113. The third-order valence-electron chi connectivity index (χ3n) is 1.84. The second-order valence-corrected chi connectivity index (χ2v) is 4.48. The van der Waals surface area contributed by atoms with Gasteiger partial charge in [0.1, 0.15) is 5.02 Å². The maximum atomic E-state index is 10.8. The predicted molar refractivity (Wildman–Crippen MR) is 63.0 cm³/mol. The van der Waals surface area contributed by atoms with Gasteiger partial charge in [-0.05, 0) is 13.8 Å². The second kappa shape index (κ2) is 4.52. The van der Waals surface area contributed by atoms with Crippen LogP contribution in [0.1, 0.15) is 20.3 Å². The van der Waals surface area contributed by atoms with Crippen molar-refractivity contribution in [2.75, 3.05) is 11.1 Å². The fourth-order valence-electron chi connectivity index (χ4n) is 1.27. The zero-order chi connectivity index (χ0) is 12.3. The fraction of sp³-hybridized carbons (Fsp3) is 0.444. The van der Waals surface area contributed by atoms with E-state index in [9.17, 15) is 4.79 Å². The Bertz CT molecular complexity index is 407. The van der Waals surface area contributed by atoms with Crippen molar-refractivity contribution in [3.05, 3.63) is 11.2 Å². The summed E-state index contributed by atoms with van der Waals surface area (Å²) in [5, 5.41) is 3.33. The Balaban J connectivity index is 2.86. The van der Waals surface area contributed by atoms with E-state index in [1.54, 1.807) is 0 Å². The number of carbonyl (C=O) groups is 1. The normalized spacial score (nSPS) is 11.2. The minimum atomic E-state index is -0.545. The Morgan fingerprint density at radius 3 is 2.81 bits per heavy atom. The molecule has 1 aromatic heterocycles. The molecule has 0 aromatic carbocycles. The van der Waals surface area contributed by atoms with Gasteiger partial charge in [-0.1, -0.05) is 11.6 Å². The van der Waals surface area contributed by atoms with E-state index in [1.807, 2.05) is 13.8 Å². The van der Waals surface area contributed by atoms with Crippen LogP contribution in [0.2, 0.25) is 5.02 Å². The smallest absolute Gasteiger partial charge is 0.222 e. The lowest BCUT2D eigenvalue weighted by Gasteiger charge is -2.25. The van der Waals surface area contributed by atoms with Crippen LogP contribution in [0, 0.1) is 0 Å². The van der Waals surface area contributed by atoms with Gasteiger partial charge >= 0.3 is 0 Å². The fourth-order valence-corrected chi connectivity index (χ4v) is 1.41. The molecule has 88 valence electrons. The summed E-state index contributed by atoms with van der Waals surface area (Å²) in [6.45, 7) is 3.62. The van der Waals surface area contributed by atoms with Crippen molar-refractivity contribution < 1.29 is 4.79 Å². The summed E-state index contributed by atoms with van der Waals surface area (Å²) >= 11 is 5.88. The van der Waals surface area contributed by atoms with Crippen molar-refractivity contribution in [1.29, 1.82) is 0 Å². The van der Waals surface area contributed by atoms with Gasteiger partial charge in [0.15, 0.2) is 5.82 Å². The monoisotopic (exact) mass is 243 g/mol. The molecule has 1 amide bonds. The molecular weight excluding hydrogens is 230 g/mol. The summed E-state index contributed by atoms with van der Waals surface area (Å²) in [4.78, 5) is 18.5. The molecule has 0 saturated heterocycles. The molecule has 1 rings (SSSR count). The number of anilines is 2. The van der Waals surface area contributed by atoms with Crippen molar-refractivity contribution in [3.63, 3.8) is 0 Å². The Morgan fingerprint density at radius 2 is 2.25 bits per heavy atom. The number of nitrogens with one attached hydrogen (secondary N) is 1. The first-order chi connectivity index (χ1) is 7.30. The summed E-state index contributed by atoms with van der Waals surface area (Å²) in [5.74, 6) is 0.0952. The molecule has 0 aliphatic heterocycles. The number of nitrogens with zero attached hydrogens (tertiary/aromatic N) is 2. The van der Waals surface area contributed by atoms with E-state index in [0.717, 1.165) is 0 Å². The van der Waals surface area contributed by atoms with Crippen LogP contribution in [-0.4, -0.2) is 21.4 Å². The average Bonchev–Trinajstić information content (AvgIpc) is 2.08. The highest BCUT2D eigenvalue weighted by Crippen LogP contribution is 2.23. The van der Waals surface area contributed by atoms with Crippen LogP contribution in [0.3, 0.4) is 0 Å². The highest BCUT2D eigenvalue weighted by Gasteiger charge is 2.22. The second-order valence-electron chi connectivity index (χ2n) is 4.08. The lowest BCUT2D eigenvalue weighted by molar-refractivity contribution is -0.118. The van der Waals surface area contributed by atoms with Crippen LogP contribution < -0.4 is 16.8 Å². The van der Waals surface area contributed by atoms with Gasteiger partial charge < -0.3 is 16.8 Å². The van der Waals surface area contributed by atoms with Gasteiger partial charge in [0.05, 0.1) is 6.20 Å². The van der Waals surface area contributed by atoms with Gasteiger partial charge in [0.2, 0.25) is 11.9 Å². The van der Waals surface area contributed by atoms with E-state index < -0.39 is 11.4 Å². The number of halogens is 1. The maximum absolute atomic E-state index is 10.8. The highest BCUT2D eigenvalue weighted by molar-refractivity contribution is 6.32. The zero-order valence-corrected chi connectivity index (χ0v) is 9.88. The zero-order valence-electron chi connectivity index (χ0n) is 9.12. The van der Waals surface area contributed by atoms with Gasteiger partial charge in [0, 0.05) is 12.0 Å². The number of aromatic nitrogens is 2. The molecular formula is C9H14ClN5O. The van der Waals surface area contributed by atoms with Crippen LogP contribution in [0.25, 0.3) is 0 Å². The first-order valence-corrected chi connectivity index (χ1v) is 5.02. The van der Waals surface area contributed by atoms with Crippen LogP contribution in [0.5, 0.6) is 0 Å². The molecule has 0 bridgehead atoms. The molecule has 0 radical (unpaired) electrons. The minimum Gasteiger partial charge on any atom is -0.370 e. The van der Waals surface area contributed by atoms with E-state index in [4.69, 9.17) is 23.1 Å². The van der Waals surface area contributed by atoms with Gasteiger partial charge in [-0.2, -0.15) is 4.98 Å². The number of nitrogens with two attached hydrogens (primary N) is 2. The molecule has 5 N–H and O–H groups in total. The highest BCUT2D eigenvalue weighted by atomic mass is 35.5. The number of hydrogen-bond acceptors (Lipinski definition) is 5. The van der Waals surface area contributed by atoms with Crippen LogP contribution in [-0.2, 0) is 4.79 Å². The van der Waals surface area contributed by atoms with Crippen LogP contribution in [0.4, 0.5) is 11.8 Å². The number of nitrogen functional groups attached to an aromatic ring is 1. The van der Waals surface area contributed by atoms with Crippen molar-refractivity contribution >= 4 is 29.3 Å². The number of carbonyl (C=O) groups excluding carboxylic acids is 1. The number of hydrogen-bond donors (Lipinski definition) is 3. The topological polar surface area (TPSA) is 107 Å². The van der Waals surface area contributed by atoms with E-state index in [0.29, 0.717) is 10.8 Å². The standard InChI is InChI=1S/C9H14ClN5O/c1-9(2,3-6(11)16)15-7-5(10)4-13-8(12)14-7/h4H,3H2,1-2H3,(H2,11,16)(H3,12,13,14,15). The molecule has 0 fully saturated rings.